The van der Waals surface area contributed by atoms with Crippen molar-refractivity contribution in [2.24, 2.45) is 17.3 Å². The molecule has 0 aliphatic heterocycles. The maximum absolute atomic E-state index is 4.92. The Hall–Kier alpha value is 0.110. The van der Waals surface area contributed by atoms with Gasteiger partial charge in [0.2, 0.25) is 0 Å². The fraction of sp³-hybridized carbons (Fsp3) is 0.812. The number of nitrogens with zero attached hydrogens (tertiary/aromatic N) is 1. The second kappa shape index (κ2) is 4.84. The molecule has 2 bridgehead atoms. The van der Waals surface area contributed by atoms with Crippen molar-refractivity contribution in [3.05, 3.63) is 16.1 Å². The number of rotatable bonds is 3. The van der Waals surface area contributed by atoms with Gasteiger partial charge in [-0.05, 0) is 36.5 Å². The Balaban J connectivity index is 1.79. The Morgan fingerprint density at radius 1 is 1.42 bits per heavy atom. The first-order valence-corrected chi connectivity index (χ1v) is 9.44. The van der Waals surface area contributed by atoms with E-state index in [0.717, 1.165) is 17.2 Å². The van der Waals surface area contributed by atoms with E-state index in [4.69, 9.17) is 4.98 Å². The SMILES string of the molecule is CC(C)(C)c1csc(CC2(CBr)CC3CCC2C3)n1. The maximum atomic E-state index is 4.92. The van der Waals surface area contributed by atoms with Crippen LogP contribution in [0.1, 0.15) is 57.2 Å². The molecule has 3 rings (SSSR count). The highest BCUT2D eigenvalue weighted by Crippen LogP contribution is 2.58. The fourth-order valence-corrected chi connectivity index (χ4v) is 6.08. The van der Waals surface area contributed by atoms with Gasteiger partial charge in [0.25, 0.3) is 0 Å². The molecule has 3 atom stereocenters. The van der Waals surface area contributed by atoms with Crippen LogP contribution in [0.15, 0.2) is 5.38 Å². The van der Waals surface area contributed by atoms with Gasteiger partial charge in [0, 0.05) is 22.5 Å². The second-order valence-corrected chi connectivity index (χ2v) is 9.13. The molecule has 3 heteroatoms. The number of halogens is 1. The van der Waals surface area contributed by atoms with Crippen molar-refractivity contribution >= 4 is 27.3 Å². The number of hydrogen-bond donors (Lipinski definition) is 0. The first kappa shape index (κ1) is 14.1. The van der Waals surface area contributed by atoms with Crippen LogP contribution in [0.25, 0.3) is 0 Å². The van der Waals surface area contributed by atoms with E-state index in [1.165, 1.54) is 42.8 Å². The van der Waals surface area contributed by atoms with Gasteiger partial charge in [-0.3, -0.25) is 0 Å². The first-order valence-electron chi connectivity index (χ1n) is 7.44. The topological polar surface area (TPSA) is 12.9 Å². The summed E-state index contributed by atoms with van der Waals surface area (Å²) in [5, 5.41) is 4.78. The van der Waals surface area contributed by atoms with Crippen LogP contribution in [0.4, 0.5) is 0 Å². The average molecular weight is 342 g/mol. The number of thiazole rings is 1. The van der Waals surface area contributed by atoms with Crippen molar-refractivity contribution in [3.63, 3.8) is 0 Å². The molecule has 0 spiro atoms. The van der Waals surface area contributed by atoms with Crippen molar-refractivity contribution in [2.75, 3.05) is 5.33 Å². The molecule has 1 nitrogen and oxygen atoms in total. The van der Waals surface area contributed by atoms with Gasteiger partial charge in [-0.1, -0.05) is 43.1 Å². The molecule has 2 aliphatic carbocycles. The van der Waals surface area contributed by atoms with Gasteiger partial charge in [0.1, 0.15) is 0 Å². The Kier molecular flexibility index (Phi) is 3.58. The summed E-state index contributed by atoms with van der Waals surface area (Å²) in [6, 6.07) is 0. The maximum Gasteiger partial charge on any atom is 0.0934 e. The van der Waals surface area contributed by atoms with Crippen molar-refractivity contribution in [3.8, 4) is 0 Å². The van der Waals surface area contributed by atoms with E-state index in [-0.39, 0.29) is 5.41 Å². The van der Waals surface area contributed by atoms with Crippen LogP contribution in [0.5, 0.6) is 0 Å². The molecule has 1 aromatic rings. The van der Waals surface area contributed by atoms with Crippen molar-refractivity contribution in [2.45, 2.75) is 58.3 Å². The predicted octanol–water partition coefficient (Wildman–Crippen LogP) is 5.18. The molecular weight excluding hydrogens is 318 g/mol. The zero-order chi connectivity index (χ0) is 13.7. The van der Waals surface area contributed by atoms with Crippen molar-refractivity contribution in [1.82, 2.24) is 4.98 Å². The summed E-state index contributed by atoms with van der Waals surface area (Å²) in [7, 11) is 0. The molecule has 0 aromatic carbocycles. The highest BCUT2D eigenvalue weighted by atomic mass is 79.9. The summed E-state index contributed by atoms with van der Waals surface area (Å²) in [6.07, 6.45) is 7.02. The van der Waals surface area contributed by atoms with E-state index >= 15 is 0 Å². The molecule has 0 N–H and O–H groups in total. The van der Waals surface area contributed by atoms with Crippen molar-refractivity contribution < 1.29 is 0 Å². The third-order valence-electron chi connectivity index (χ3n) is 5.19. The smallest absolute Gasteiger partial charge is 0.0934 e. The van der Waals surface area contributed by atoms with Gasteiger partial charge in [-0.25, -0.2) is 4.98 Å². The number of hydrogen-bond acceptors (Lipinski definition) is 2. The lowest BCUT2D eigenvalue weighted by Crippen LogP contribution is -2.32. The minimum absolute atomic E-state index is 0.186. The third-order valence-corrected chi connectivity index (χ3v) is 7.16. The molecule has 0 amide bonds. The summed E-state index contributed by atoms with van der Waals surface area (Å²) in [5.74, 6) is 1.95. The van der Waals surface area contributed by atoms with Gasteiger partial charge < -0.3 is 0 Å². The molecule has 2 aliphatic rings. The van der Waals surface area contributed by atoms with Crippen LogP contribution in [-0.4, -0.2) is 10.3 Å². The van der Waals surface area contributed by atoms with Crippen molar-refractivity contribution in [1.29, 1.82) is 0 Å². The molecule has 19 heavy (non-hydrogen) atoms. The quantitative estimate of drug-likeness (QED) is 0.690. The van der Waals surface area contributed by atoms with E-state index < -0.39 is 0 Å². The molecule has 106 valence electrons. The molecule has 0 saturated heterocycles. The Labute approximate surface area is 129 Å². The first-order chi connectivity index (χ1) is 8.93. The molecule has 1 aromatic heterocycles. The minimum atomic E-state index is 0.186. The molecule has 2 fully saturated rings. The highest BCUT2D eigenvalue weighted by molar-refractivity contribution is 9.09. The van der Waals surface area contributed by atoms with Gasteiger partial charge in [0.05, 0.1) is 10.7 Å². The van der Waals surface area contributed by atoms with Crippen LogP contribution >= 0.6 is 27.3 Å². The molecule has 3 unspecified atom stereocenters. The van der Waals surface area contributed by atoms with Gasteiger partial charge >= 0.3 is 0 Å². The monoisotopic (exact) mass is 341 g/mol. The lowest BCUT2D eigenvalue weighted by molar-refractivity contribution is 0.196. The van der Waals surface area contributed by atoms with Gasteiger partial charge in [-0.2, -0.15) is 0 Å². The average Bonchev–Trinajstić information content (AvgIpc) is 3.02. The summed E-state index contributed by atoms with van der Waals surface area (Å²) < 4.78 is 0. The number of alkyl halides is 1. The summed E-state index contributed by atoms with van der Waals surface area (Å²) >= 11 is 5.69. The summed E-state index contributed by atoms with van der Waals surface area (Å²) in [5.41, 5.74) is 1.96. The van der Waals surface area contributed by atoms with E-state index in [9.17, 15) is 0 Å². The molecule has 2 saturated carbocycles. The summed E-state index contributed by atoms with van der Waals surface area (Å²) in [6.45, 7) is 6.76. The van der Waals surface area contributed by atoms with Gasteiger partial charge in [0.15, 0.2) is 0 Å². The van der Waals surface area contributed by atoms with Crippen LogP contribution in [0, 0.1) is 17.3 Å². The molecule has 0 radical (unpaired) electrons. The van der Waals surface area contributed by atoms with E-state index in [1.54, 1.807) is 0 Å². The van der Waals surface area contributed by atoms with Crippen LogP contribution in [0.3, 0.4) is 0 Å². The van der Waals surface area contributed by atoms with E-state index in [1.807, 2.05) is 11.3 Å². The second-order valence-electron chi connectivity index (χ2n) is 7.63. The molecule has 1 heterocycles. The third kappa shape index (κ3) is 2.53. The van der Waals surface area contributed by atoms with Crippen LogP contribution in [0.2, 0.25) is 0 Å². The normalized spacial score (nSPS) is 34.1. The van der Waals surface area contributed by atoms with Crippen LogP contribution in [-0.2, 0) is 11.8 Å². The van der Waals surface area contributed by atoms with Crippen LogP contribution < -0.4 is 0 Å². The predicted molar refractivity (Wildman–Crippen MR) is 86.2 cm³/mol. The van der Waals surface area contributed by atoms with Gasteiger partial charge in [-0.15, -0.1) is 11.3 Å². The fourth-order valence-electron chi connectivity index (χ4n) is 4.02. The highest BCUT2D eigenvalue weighted by Gasteiger charge is 2.50. The lowest BCUT2D eigenvalue weighted by Gasteiger charge is -2.35. The van der Waals surface area contributed by atoms with E-state index in [0.29, 0.717) is 5.41 Å². The zero-order valence-corrected chi connectivity index (χ0v) is 14.6. The molecular formula is C16H24BrNS. The standard InChI is InChI=1S/C16H24BrNS/c1-15(2,3)13-9-19-14(18-13)8-16(10-17)7-11-4-5-12(16)6-11/h9,11-12H,4-8,10H2,1-3H3. The minimum Gasteiger partial charge on any atom is -0.246 e. The largest absolute Gasteiger partial charge is 0.246 e. The number of aromatic nitrogens is 1. The summed E-state index contributed by atoms with van der Waals surface area (Å²) in [4.78, 5) is 4.92. The lowest BCUT2D eigenvalue weighted by atomic mass is 9.72. The van der Waals surface area contributed by atoms with E-state index in [2.05, 4.69) is 42.1 Å². The Bertz CT molecular complexity index is 462. The zero-order valence-electron chi connectivity index (χ0n) is 12.2. The number of fused-ring (bicyclic) bond motifs is 2. The Morgan fingerprint density at radius 3 is 2.68 bits per heavy atom. The Morgan fingerprint density at radius 2 is 2.21 bits per heavy atom.